The van der Waals surface area contributed by atoms with Crippen LogP contribution >= 0.6 is 0 Å². The van der Waals surface area contributed by atoms with Gasteiger partial charge in [-0.05, 0) is 107 Å². The van der Waals surface area contributed by atoms with E-state index in [1.54, 1.807) is 0 Å². The third kappa shape index (κ3) is 5.83. The van der Waals surface area contributed by atoms with Crippen LogP contribution in [0.1, 0.15) is 34.2 Å². The summed E-state index contributed by atoms with van der Waals surface area (Å²) in [5.41, 5.74) is 9.52. The highest BCUT2D eigenvalue weighted by Gasteiger charge is 2.42. The maximum atomic E-state index is 15.6. The van der Waals surface area contributed by atoms with Crippen LogP contribution in [0, 0.1) is 17.5 Å². The molecule has 1 atom stereocenters. The van der Waals surface area contributed by atoms with Gasteiger partial charge in [-0.25, -0.2) is 26.3 Å². The molecule has 9 aromatic carbocycles. The summed E-state index contributed by atoms with van der Waals surface area (Å²) in [4.78, 5) is 0. The van der Waals surface area contributed by atoms with Crippen molar-refractivity contribution in [2.45, 2.75) is 38.8 Å². The molecule has 12 rings (SSSR count). The minimum atomic E-state index is -2.15. The first-order valence-electron chi connectivity index (χ1n) is 21.2. The lowest BCUT2D eigenvalue weighted by atomic mass is 9.81. The van der Waals surface area contributed by atoms with Crippen molar-refractivity contribution < 1.29 is 30.8 Å². The minimum absolute atomic E-state index is 0.195. The molecule has 1 unspecified atom stereocenters. The molecule has 0 bridgehead atoms. The molecular weight excluding hydrogens is 801 g/mol. The van der Waals surface area contributed by atoms with E-state index in [1.165, 1.54) is 0 Å². The molecule has 1 spiro atoms. The standard InChI is InChI=1S/C56H36F6N/c57-47-23-37(24-48(58)55(47)61)43-21-33-11-3-7-15-41(33)53-45(43)29-63(30-46-44(38-25-49(59)56(62)50(60)26-38)22-34-12-4-8-16-42(34)54(46)53)27-35-19-17-31-9-1-5-13-39(31)51(35)52-36(28-63)20-18-32-10-2-6-14-40(32)52/h1-25,50H,26-30H2/q+1. The smallest absolute Gasteiger partial charge is 0.194 e. The van der Waals surface area contributed by atoms with Gasteiger partial charge < -0.3 is 4.48 Å². The van der Waals surface area contributed by atoms with Crippen LogP contribution in [0.15, 0.2) is 163 Å². The van der Waals surface area contributed by atoms with E-state index in [-0.39, 0.29) is 12.0 Å². The Hall–Kier alpha value is -6.96. The fourth-order valence-corrected chi connectivity index (χ4v) is 11.1. The Balaban J connectivity index is 1.25. The van der Waals surface area contributed by atoms with Crippen molar-refractivity contribution in [3.05, 3.63) is 209 Å². The zero-order valence-corrected chi connectivity index (χ0v) is 33.8. The average Bonchev–Trinajstić information content (AvgIpc) is 3.54. The zero-order chi connectivity index (χ0) is 42.7. The normalized spacial score (nSPS) is 16.7. The first-order chi connectivity index (χ1) is 30.6. The summed E-state index contributed by atoms with van der Waals surface area (Å²) in [5.74, 6) is -6.76. The molecule has 306 valence electrons. The SMILES string of the molecule is FC1=C(F)C(F)CC(c2cc3ccccc3c3c2C[N+]2(Cc4ccc5ccccc5c4-c4c(ccc5ccccc45)C2)Cc2c(-c4cc(F)c(F)c(F)c4)cc4ccccc4c2-3)=C1. The van der Waals surface area contributed by atoms with Crippen molar-refractivity contribution in [2.75, 3.05) is 0 Å². The lowest BCUT2D eigenvalue weighted by Crippen LogP contribution is -2.44. The van der Waals surface area contributed by atoms with Crippen molar-refractivity contribution >= 4 is 48.7 Å². The van der Waals surface area contributed by atoms with Crippen LogP contribution in [0.5, 0.6) is 0 Å². The highest BCUT2D eigenvalue weighted by atomic mass is 19.2. The quantitative estimate of drug-likeness (QED) is 0.0924. The predicted molar refractivity (Wildman–Crippen MR) is 241 cm³/mol. The highest BCUT2D eigenvalue weighted by molar-refractivity contribution is 6.12. The number of nitrogens with zero attached hydrogens (tertiary/aromatic N) is 1. The van der Waals surface area contributed by atoms with Crippen molar-refractivity contribution in [2.24, 2.45) is 0 Å². The topological polar surface area (TPSA) is 0 Å². The lowest BCUT2D eigenvalue weighted by Gasteiger charge is -2.39. The van der Waals surface area contributed by atoms with Crippen molar-refractivity contribution in [1.82, 2.24) is 0 Å². The molecule has 3 aliphatic rings. The molecule has 2 aliphatic heterocycles. The lowest BCUT2D eigenvalue weighted by molar-refractivity contribution is -0.977. The predicted octanol–water partition coefficient (Wildman–Crippen LogP) is 15.5. The van der Waals surface area contributed by atoms with Crippen LogP contribution in [0.4, 0.5) is 26.3 Å². The molecular formula is C56H36F6N+. The van der Waals surface area contributed by atoms with Gasteiger partial charge in [-0.3, -0.25) is 0 Å². The number of halogens is 6. The van der Waals surface area contributed by atoms with E-state index in [9.17, 15) is 8.78 Å². The molecule has 0 aromatic heterocycles. The Morgan fingerprint density at radius 1 is 0.444 bits per heavy atom. The third-order valence-electron chi connectivity index (χ3n) is 13.7. The molecule has 0 N–H and O–H groups in total. The molecule has 0 saturated carbocycles. The van der Waals surface area contributed by atoms with Gasteiger partial charge in [-0.2, -0.15) is 0 Å². The summed E-state index contributed by atoms with van der Waals surface area (Å²) >= 11 is 0. The van der Waals surface area contributed by atoms with Gasteiger partial charge in [0.15, 0.2) is 35.3 Å². The van der Waals surface area contributed by atoms with Gasteiger partial charge in [0.1, 0.15) is 26.2 Å². The second-order valence-electron chi connectivity index (χ2n) is 17.4. The fraction of sp³-hybridized carbons (Fsp3) is 0.107. The maximum absolute atomic E-state index is 15.6. The molecule has 0 saturated heterocycles. The van der Waals surface area contributed by atoms with Crippen LogP contribution in [0.3, 0.4) is 0 Å². The van der Waals surface area contributed by atoms with Crippen LogP contribution in [-0.2, 0) is 26.2 Å². The van der Waals surface area contributed by atoms with E-state index in [0.717, 1.165) is 106 Å². The monoisotopic (exact) mass is 836 g/mol. The molecule has 0 radical (unpaired) electrons. The summed E-state index contributed by atoms with van der Waals surface area (Å²) in [6, 6.07) is 47.2. The number of hydrogen-bond donors (Lipinski definition) is 0. The van der Waals surface area contributed by atoms with E-state index >= 15 is 17.6 Å². The average molecular weight is 837 g/mol. The van der Waals surface area contributed by atoms with Gasteiger partial charge in [-0.1, -0.05) is 121 Å². The number of hydrogen-bond acceptors (Lipinski definition) is 0. The Morgan fingerprint density at radius 3 is 1.40 bits per heavy atom. The minimum Gasteiger partial charge on any atom is -0.309 e. The first-order valence-corrected chi connectivity index (χ1v) is 21.2. The maximum Gasteiger partial charge on any atom is 0.194 e. The molecule has 1 nitrogen and oxygen atoms in total. The summed E-state index contributed by atoms with van der Waals surface area (Å²) in [5, 5.41) is 7.82. The second-order valence-corrected chi connectivity index (χ2v) is 17.4. The van der Waals surface area contributed by atoms with Crippen molar-refractivity contribution in [3.63, 3.8) is 0 Å². The summed E-state index contributed by atoms with van der Waals surface area (Å²) in [6.45, 7) is 1.77. The van der Waals surface area contributed by atoms with Gasteiger partial charge in [0.2, 0.25) is 0 Å². The molecule has 0 fully saturated rings. The molecule has 2 heterocycles. The van der Waals surface area contributed by atoms with Gasteiger partial charge in [0.05, 0.1) is 0 Å². The fourth-order valence-electron chi connectivity index (χ4n) is 11.1. The number of rotatable bonds is 2. The van der Waals surface area contributed by atoms with Crippen LogP contribution in [0.25, 0.3) is 82.0 Å². The summed E-state index contributed by atoms with van der Waals surface area (Å²) < 4.78 is 91.8. The van der Waals surface area contributed by atoms with Crippen LogP contribution in [-0.4, -0.2) is 10.7 Å². The van der Waals surface area contributed by atoms with Gasteiger partial charge in [-0.15, -0.1) is 0 Å². The van der Waals surface area contributed by atoms with E-state index in [2.05, 4.69) is 60.7 Å². The largest absolute Gasteiger partial charge is 0.309 e. The van der Waals surface area contributed by atoms with Crippen molar-refractivity contribution in [1.29, 1.82) is 0 Å². The summed E-state index contributed by atoms with van der Waals surface area (Å²) in [6.07, 6.45) is -1.37. The van der Waals surface area contributed by atoms with Gasteiger partial charge >= 0.3 is 0 Å². The van der Waals surface area contributed by atoms with Crippen molar-refractivity contribution in [3.8, 4) is 33.4 Å². The number of alkyl halides is 1. The van der Waals surface area contributed by atoms with E-state index < -0.39 is 35.3 Å². The number of benzene rings is 9. The second kappa shape index (κ2) is 14.0. The number of allylic oxidation sites excluding steroid dienone is 4. The van der Waals surface area contributed by atoms with Gasteiger partial charge in [0, 0.05) is 39.8 Å². The molecule has 63 heavy (non-hydrogen) atoms. The molecule has 0 amide bonds. The Labute approximate surface area is 359 Å². The molecule has 7 heteroatoms. The summed E-state index contributed by atoms with van der Waals surface area (Å²) in [7, 11) is 0. The first kappa shape index (κ1) is 37.8. The third-order valence-corrected chi connectivity index (χ3v) is 13.7. The number of fused-ring (bicyclic) bond motifs is 14. The van der Waals surface area contributed by atoms with Crippen LogP contribution in [0.2, 0.25) is 0 Å². The van der Waals surface area contributed by atoms with Crippen LogP contribution < -0.4 is 0 Å². The van der Waals surface area contributed by atoms with E-state index in [4.69, 9.17) is 0 Å². The zero-order valence-electron chi connectivity index (χ0n) is 33.8. The Morgan fingerprint density at radius 2 is 0.889 bits per heavy atom. The highest BCUT2D eigenvalue weighted by Crippen LogP contribution is 2.53. The Kier molecular flexibility index (Phi) is 8.41. The van der Waals surface area contributed by atoms with E-state index in [1.807, 2.05) is 72.8 Å². The molecule has 1 aliphatic carbocycles. The number of quaternary nitrogens is 1. The van der Waals surface area contributed by atoms with Gasteiger partial charge in [0.25, 0.3) is 0 Å². The molecule has 9 aromatic rings. The Bertz CT molecular complexity index is 3420. The van der Waals surface area contributed by atoms with E-state index in [0.29, 0.717) is 47.4 Å².